The lowest BCUT2D eigenvalue weighted by Gasteiger charge is -2.36. The molecule has 0 saturated heterocycles. The topological polar surface area (TPSA) is 64.6 Å². The van der Waals surface area contributed by atoms with Gasteiger partial charge in [-0.1, -0.05) is 32.4 Å². The van der Waals surface area contributed by atoms with E-state index in [0.29, 0.717) is 13.0 Å². The molecule has 6 heteroatoms. The summed E-state index contributed by atoms with van der Waals surface area (Å²) in [6.07, 6.45) is 7.14. The molecular weight excluding hydrogens is 322 g/mol. The molecular formula is C18H33NO4Si. The average molecular weight is 356 g/mol. The molecule has 138 valence electrons. The highest BCUT2D eigenvalue weighted by molar-refractivity contribution is 6.74. The molecule has 0 aromatic heterocycles. The van der Waals surface area contributed by atoms with Crippen LogP contribution in [0.2, 0.25) is 18.1 Å². The molecule has 0 aliphatic heterocycles. The standard InChI is InChI=1S/C18H33NO4Si/c1-15(20)19-12-8-10-16(14-17(21)22-5)11-9-13-23-24(6,7)18(2,3)4/h8,12,14H,9-11,13H2,1-7H3,(H,19,20)/b12-8+,16-14+. The SMILES string of the molecule is COC(=O)/C=C(\C/C=C/NC(C)=O)CCCO[Si](C)(C)C(C)(C)C. The van der Waals surface area contributed by atoms with Gasteiger partial charge < -0.3 is 14.5 Å². The first kappa shape index (κ1) is 22.6. The van der Waals surface area contributed by atoms with Crippen LogP contribution in [0.4, 0.5) is 0 Å². The Hall–Kier alpha value is -1.40. The van der Waals surface area contributed by atoms with Crippen LogP contribution in [0, 0.1) is 0 Å². The smallest absolute Gasteiger partial charge is 0.330 e. The zero-order valence-corrected chi connectivity index (χ0v) is 17.2. The first-order valence-electron chi connectivity index (χ1n) is 8.33. The zero-order valence-electron chi connectivity index (χ0n) is 16.2. The zero-order chi connectivity index (χ0) is 18.8. The van der Waals surface area contributed by atoms with Crippen molar-refractivity contribution in [1.29, 1.82) is 0 Å². The van der Waals surface area contributed by atoms with Crippen LogP contribution < -0.4 is 5.32 Å². The van der Waals surface area contributed by atoms with E-state index in [2.05, 4.69) is 39.2 Å². The molecule has 0 aliphatic rings. The van der Waals surface area contributed by atoms with Gasteiger partial charge >= 0.3 is 5.97 Å². The van der Waals surface area contributed by atoms with Crippen LogP contribution in [0.1, 0.15) is 47.0 Å². The quantitative estimate of drug-likeness (QED) is 0.295. The molecule has 1 amide bonds. The Kier molecular flexibility index (Phi) is 9.85. The van der Waals surface area contributed by atoms with Gasteiger partial charge in [0.05, 0.1) is 7.11 Å². The molecule has 0 fully saturated rings. The van der Waals surface area contributed by atoms with Crippen LogP contribution in [0.5, 0.6) is 0 Å². The maximum atomic E-state index is 11.5. The van der Waals surface area contributed by atoms with Gasteiger partial charge in [-0.2, -0.15) is 0 Å². The lowest BCUT2D eigenvalue weighted by molar-refractivity contribution is -0.134. The summed E-state index contributed by atoms with van der Waals surface area (Å²) in [5.74, 6) is -0.476. The van der Waals surface area contributed by atoms with E-state index in [4.69, 9.17) is 9.16 Å². The molecule has 0 rings (SSSR count). The van der Waals surface area contributed by atoms with E-state index < -0.39 is 8.32 Å². The largest absolute Gasteiger partial charge is 0.466 e. The van der Waals surface area contributed by atoms with Crippen molar-refractivity contribution in [3.63, 3.8) is 0 Å². The van der Waals surface area contributed by atoms with E-state index in [0.717, 1.165) is 18.4 Å². The molecule has 0 atom stereocenters. The molecule has 0 bridgehead atoms. The number of rotatable bonds is 9. The van der Waals surface area contributed by atoms with Gasteiger partial charge in [0.1, 0.15) is 0 Å². The van der Waals surface area contributed by atoms with Gasteiger partial charge in [0.15, 0.2) is 8.32 Å². The number of ether oxygens (including phenoxy) is 1. The third-order valence-corrected chi connectivity index (χ3v) is 8.76. The van der Waals surface area contributed by atoms with E-state index in [1.807, 2.05) is 6.08 Å². The first-order valence-corrected chi connectivity index (χ1v) is 11.2. The van der Waals surface area contributed by atoms with Crippen molar-refractivity contribution in [3.8, 4) is 0 Å². The summed E-state index contributed by atoms with van der Waals surface area (Å²) >= 11 is 0. The third kappa shape index (κ3) is 9.67. The van der Waals surface area contributed by atoms with Crippen molar-refractivity contribution in [3.05, 3.63) is 23.9 Å². The highest BCUT2D eigenvalue weighted by atomic mass is 28.4. The Morgan fingerprint density at radius 3 is 2.33 bits per heavy atom. The minimum absolute atomic E-state index is 0.118. The van der Waals surface area contributed by atoms with Crippen molar-refractivity contribution in [2.24, 2.45) is 0 Å². The molecule has 0 spiro atoms. The second kappa shape index (κ2) is 10.5. The van der Waals surface area contributed by atoms with Crippen molar-refractivity contribution in [1.82, 2.24) is 5.32 Å². The van der Waals surface area contributed by atoms with Gasteiger partial charge in [-0.25, -0.2) is 4.79 Å². The van der Waals surface area contributed by atoms with E-state index >= 15 is 0 Å². The molecule has 0 heterocycles. The Morgan fingerprint density at radius 1 is 1.21 bits per heavy atom. The summed E-state index contributed by atoms with van der Waals surface area (Å²) in [6, 6.07) is 0. The summed E-state index contributed by atoms with van der Waals surface area (Å²) in [5.41, 5.74) is 0.960. The number of nitrogens with one attached hydrogen (secondary N) is 1. The van der Waals surface area contributed by atoms with Gasteiger partial charge in [-0.3, -0.25) is 4.79 Å². The van der Waals surface area contributed by atoms with Gasteiger partial charge in [0.2, 0.25) is 5.91 Å². The molecule has 1 N–H and O–H groups in total. The first-order chi connectivity index (χ1) is 11.0. The lowest BCUT2D eigenvalue weighted by Crippen LogP contribution is -2.40. The Morgan fingerprint density at radius 2 is 1.83 bits per heavy atom. The average Bonchev–Trinajstić information content (AvgIpc) is 2.45. The summed E-state index contributed by atoms with van der Waals surface area (Å²) in [7, 11) is -0.367. The monoisotopic (exact) mass is 355 g/mol. The predicted octanol–water partition coefficient (Wildman–Crippen LogP) is 3.93. The summed E-state index contributed by atoms with van der Waals surface area (Å²) in [6.45, 7) is 13.2. The lowest BCUT2D eigenvalue weighted by atomic mass is 10.1. The van der Waals surface area contributed by atoms with E-state index in [1.165, 1.54) is 20.1 Å². The second-order valence-electron chi connectivity index (χ2n) is 7.35. The minimum atomic E-state index is -1.73. The van der Waals surface area contributed by atoms with Gasteiger partial charge in [-0.05, 0) is 37.4 Å². The fraction of sp³-hybridized carbons (Fsp3) is 0.667. The predicted molar refractivity (Wildman–Crippen MR) is 100 cm³/mol. The Bertz CT molecular complexity index is 476. The van der Waals surface area contributed by atoms with E-state index in [-0.39, 0.29) is 16.9 Å². The van der Waals surface area contributed by atoms with E-state index in [9.17, 15) is 9.59 Å². The molecule has 0 unspecified atom stereocenters. The summed E-state index contributed by atoms with van der Waals surface area (Å²) in [4.78, 5) is 22.3. The van der Waals surface area contributed by atoms with Crippen LogP contribution in [0.25, 0.3) is 0 Å². The van der Waals surface area contributed by atoms with Crippen LogP contribution in [0.3, 0.4) is 0 Å². The highest BCUT2D eigenvalue weighted by Gasteiger charge is 2.36. The summed E-state index contributed by atoms with van der Waals surface area (Å²) in [5, 5.41) is 2.78. The Balaban J connectivity index is 4.52. The van der Waals surface area contributed by atoms with Crippen molar-refractivity contribution in [2.75, 3.05) is 13.7 Å². The molecule has 5 nitrogen and oxygen atoms in total. The third-order valence-electron chi connectivity index (χ3n) is 4.22. The number of hydrogen-bond acceptors (Lipinski definition) is 4. The van der Waals surface area contributed by atoms with Gasteiger partial charge in [0, 0.05) is 25.8 Å². The summed E-state index contributed by atoms with van der Waals surface area (Å²) < 4.78 is 10.9. The number of hydrogen-bond donors (Lipinski definition) is 1. The number of allylic oxidation sites excluding steroid dienone is 2. The van der Waals surface area contributed by atoms with Crippen LogP contribution in [-0.2, 0) is 18.8 Å². The fourth-order valence-electron chi connectivity index (χ4n) is 1.69. The van der Waals surface area contributed by atoms with Gasteiger partial charge in [-0.15, -0.1) is 0 Å². The second-order valence-corrected chi connectivity index (χ2v) is 12.2. The van der Waals surface area contributed by atoms with Crippen LogP contribution in [0.15, 0.2) is 23.9 Å². The maximum absolute atomic E-state index is 11.5. The number of amides is 1. The number of carbonyl (C=O) groups is 2. The Labute approximate surface area is 147 Å². The van der Waals surface area contributed by atoms with Crippen molar-refractivity contribution >= 4 is 20.2 Å². The molecule has 0 aromatic carbocycles. The van der Waals surface area contributed by atoms with Crippen LogP contribution >= 0.6 is 0 Å². The molecule has 0 radical (unpaired) electrons. The minimum Gasteiger partial charge on any atom is -0.466 e. The maximum Gasteiger partial charge on any atom is 0.330 e. The van der Waals surface area contributed by atoms with Gasteiger partial charge in [0.25, 0.3) is 0 Å². The molecule has 0 aliphatic carbocycles. The highest BCUT2D eigenvalue weighted by Crippen LogP contribution is 2.36. The van der Waals surface area contributed by atoms with Crippen molar-refractivity contribution < 1.29 is 18.8 Å². The van der Waals surface area contributed by atoms with Crippen LogP contribution in [-0.4, -0.2) is 33.9 Å². The molecule has 0 aromatic rings. The van der Waals surface area contributed by atoms with E-state index in [1.54, 1.807) is 6.20 Å². The fourth-order valence-corrected chi connectivity index (χ4v) is 2.78. The normalized spacial score (nSPS) is 13.2. The molecule has 24 heavy (non-hydrogen) atoms. The number of carbonyl (C=O) groups excluding carboxylic acids is 2. The molecule has 0 saturated carbocycles. The van der Waals surface area contributed by atoms with Crippen molar-refractivity contribution in [2.45, 2.75) is 65.1 Å². The number of esters is 1. The number of methoxy groups -OCH3 is 1.